The van der Waals surface area contributed by atoms with Gasteiger partial charge in [0.15, 0.2) is 17.2 Å². The molecule has 0 amide bonds. The van der Waals surface area contributed by atoms with Crippen LogP contribution in [0.25, 0.3) is 0 Å². The predicted molar refractivity (Wildman–Crippen MR) is 132 cm³/mol. The Morgan fingerprint density at radius 3 is 2.78 bits per heavy atom. The topological polar surface area (TPSA) is 96.7 Å². The summed E-state index contributed by atoms with van der Waals surface area (Å²) in [6, 6.07) is 5.36. The normalized spacial score (nSPS) is 43.3. The highest BCUT2D eigenvalue weighted by molar-refractivity contribution is 6.01. The molecule has 4 aliphatic rings. The fraction of sp³-hybridized carbons (Fsp3) is 0.621. The molecule has 8 atom stereocenters. The van der Waals surface area contributed by atoms with Crippen molar-refractivity contribution in [3.8, 4) is 5.88 Å². The minimum atomic E-state index is -1.97. The first kappa shape index (κ1) is 25.3. The van der Waals surface area contributed by atoms with E-state index in [0.717, 1.165) is 5.57 Å². The Balaban J connectivity index is 1.38. The molecule has 36 heavy (non-hydrogen) atoms. The Bertz CT molecular complexity index is 1120. The molecule has 1 aromatic rings. The zero-order chi connectivity index (χ0) is 25.9. The van der Waals surface area contributed by atoms with Crippen molar-refractivity contribution in [3.63, 3.8) is 0 Å². The van der Waals surface area contributed by atoms with E-state index in [1.54, 1.807) is 31.3 Å². The maximum Gasteiger partial charge on any atom is 0.213 e. The highest BCUT2D eigenvalue weighted by atomic mass is 19.1. The Labute approximate surface area is 211 Å². The lowest BCUT2D eigenvalue weighted by Crippen LogP contribution is -2.69. The number of Topliss-reactive ketones (excluding diaryl/α,β-unsaturated/α-hetero) is 1. The summed E-state index contributed by atoms with van der Waals surface area (Å²) < 4.78 is 22.8. The summed E-state index contributed by atoms with van der Waals surface area (Å²) in [6.07, 6.45) is 6.92. The number of aromatic nitrogens is 1. The number of pyridine rings is 1. The standard InChI is InChI=1S/C29H36FNO5/c1-18-15-22-21-10-9-19-16-20(32)11-12-26(19,2)28(21,30)24(34)17-27(22,3)29(18,35)23(33)7-6-14-36-25-8-4-5-13-31-25/h4-5,8,11-13,16,18,21-22,24,34-35H,6-7,9-10,14-15,17H2,1-3H3/t18-,21+,22+,24+,26+,27+,28+,29+/m1/s1. The van der Waals surface area contributed by atoms with Gasteiger partial charge in [-0.1, -0.05) is 31.6 Å². The number of nitrogens with zero attached hydrogens (tertiary/aromatic N) is 1. The number of halogens is 1. The van der Waals surface area contributed by atoms with Crippen LogP contribution in [0.3, 0.4) is 0 Å². The quantitative estimate of drug-likeness (QED) is 0.573. The number of hydrogen-bond acceptors (Lipinski definition) is 6. The molecule has 1 aromatic heterocycles. The number of fused-ring (bicyclic) bond motifs is 5. The van der Waals surface area contributed by atoms with Crippen LogP contribution in [0.4, 0.5) is 4.39 Å². The van der Waals surface area contributed by atoms with E-state index in [-0.39, 0.29) is 36.2 Å². The molecule has 0 radical (unpaired) electrons. The van der Waals surface area contributed by atoms with Crippen LogP contribution in [0.1, 0.15) is 59.3 Å². The zero-order valence-electron chi connectivity index (χ0n) is 21.2. The number of ketones is 2. The van der Waals surface area contributed by atoms with Gasteiger partial charge in [0.2, 0.25) is 5.88 Å². The monoisotopic (exact) mass is 497 g/mol. The molecule has 0 bridgehead atoms. The Hall–Kier alpha value is -2.38. The fourth-order valence-corrected chi connectivity index (χ4v) is 8.17. The number of alkyl halides is 1. The molecular formula is C29H36FNO5. The molecule has 3 saturated carbocycles. The predicted octanol–water partition coefficient (Wildman–Crippen LogP) is 4.16. The highest BCUT2D eigenvalue weighted by Gasteiger charge is 2.75. The van der Waals surface area contributed by atoms with E-state index in [0.29, 0.717) is 38.2 Å². The summed E-state index contributed by atoms with van der Waals surface area (Å²) in [5, 5.41) is 23.4. The summed E-state index contributed by atoms with van der Waals surface area (Å²) in [5.74, 6) is -1.08. The first-order chi connectivity index (χ1) is 17.0. The van der Waals surface area contributed by atoms with Crippen LogP contribution in [0, 0.1) is 28.6 Å². The Morgan fingerprint density at radius 1 is 1.28 bits per heavy atom. The van der Waals surface area contributed by atoms with Crippen molar-refractivity contribution in [1.29, 1.82) is 0 Å². The molecule has 6 nitrogen and oxygen atoms in total. The van der Waals surface area contributed by atoms with E-state index in [1.807, 2.05) is 19.9 Å². The molecule has 7 heteroatoms. The molecular weight excluding hydrogens is 461 g/mol. The van der Waals surface area contributed by atoms with Gasteiger partial charge in [0.05, 0.1) is 12.7 Å². The zero-order valence-corrected chi connectivity index (χ0v) is 21.2. The van der Waals surface area contributed by atoms with E-state index < -0.39 is 34.1 Å². The lowest BCUT2D eigenvalue weighted by Gasteiger charge is -2.62. The van der Waals surface area contributed by atoms with Crippen molar-refractivity contribution in [2.75, 3.05) is 6.61 Å². The molecule has 0 unspecified atom stereocenters. The smallest absolute Gasteiger partial charge is 0.213 e. The molecule has 0 saturated heterocycles. The van der Waals surface area contributed by atoms with Gasteiger partial charge in [-0.05, 0) is 69.1 Å². The summed E-state index contributed by atoms with van der Waals surface area (Å²) in [7, 11) is 0. The Morgan fingerprint density at radius 2 is 2.06 bits per heavy atom. The van der Waals surface area contributed by atoms with Crippen molar-refractivity contribution < 1.29 is 28.9 Å². The van der Waals surface area contributed by atoms with Crippen molar-refractivity contribution >= 4 is 11.6 Å². The van der Waals surface area contributed by atoms with Crippen LogP contribution in [0.5, 0.6) is 5.88 Å². The molecule has 0 aromatic carbocycles. The van der Waals surface area contributed by atoms with Crippen LogP contribution >= 0.6 is 0 Å². The highest BCUT2D eigenvalue weighted by Crippen LogP contribution is 2.70. The van der Waals surface area contributed by atoms with Crippen molar-refractivity contribution in [1.82, 2.24) is 4.98 Å². The number of carbonyl (C=O) groups is 2. The van der Waals surface area contributed by atoms with Crippen molar-refractivity contribution in [2.45, 2.75) is 76.7 Å². The fourth-order valence-electron chi connectivity index (χ4n) is 8.17. The van der Waals surface area contributed by atoms with Crippen LogP contribution in [-0.4, -0.2) is 50.7 Å². The molecule has 194 valence electrons. The van der Waals surface area contributed by atoms with Gasteiger partial charge in [-0.2, -0.15) is 0 Å². The maximum absolute atomic E-state index is 17.2. The number of rotatable bonds is 6. The van der Waals surface area contributed by atoms with Gasteiger partial charge < -0.3 is 14.9 Å². The maximum atomic E-state index is 17.2. The number of ether oxygens (including phenoxy) is 1. The van der Waals surface area contributed by atoms with Crippen LogP contribution in [0.2, 0.25) is 0 Å². The number of aliphatic hydroxyl groups excluding tert-OH is 1. The SMILES string of the molecule is C[C@@H]1C[C@H]2[C@@H]3CCC4=CC(=O)C=C[C@]4(C)[C@@]3(F)[C@@H](O)C[C@]2(C)[C@@]1(O)C(=O)CCCOc1ccccn1. The van der Waals surface area contributed by atoms with E-state index in [1.165, 1.54) is 12.2 Å². The van der Waals surface area contributed by atoms with Crippen molar-refractivity contribution in [3.05, 3.63) is 48.2 Å². The van der Waals surface area contributed by atoms with Crippen LogP contribution in [-0.2, 0) is 9.59 Å². The first-order valence-corrected chi connectivity index (χ1v) is 13.1. The van der Waals surface area contributed by atoms with Gasteiger partial charge in [0.25, 0.3) is 0 Å². The second-order valence-corrected chi connectivity index (χ2v) is 11.7. The molecule has 3 fully saturated rings. The van der Waals surface area contributed by atoms with E-state index >= 15 is 4.39 Å². The van der Waals surface area contributed by atoms with E-state index in [9.17, 15) is 19.8 Å². The average molecular weight is 498 g/mol. The average Bonchev–Trinajstić information content (AvgIpc) is 3.05. The second-order valence-electron chi connectivity index (χ2n) is 11.7. The molecule has 2 N–H and O–H groups in total. The van der Waals surface area contributed by atoms with Gasteiger partial charge in [-0.15, -0.1) is 0 Å². The molecule has 1 heterocycles. The largest absolute Gasteiger partial charge is 0.478 e. The second kappa shape index (κ2) is 8.59. The molecule has 0 aliphatic heterocycles. The molecule has 4 aliphatic carbocycles. The molecule has 0 spiro atoms. The number of aliphatic hydroxyl groups is 2. The number of hydrogen-bond donors (Lipinski definition) is 2. The van der Waals surface area contributed by atoms with Gasteiger partial charge in [0, 0.05) is 35.4 Å². The van der Waals surface area contributed by atoms with Crippen LogP contribution in [0.15, 0.2) is 48.2 Å². The Kier molecular flexibility index (Phi) is 6.03. The summed E-state index contributed by atoms with van der Waals surface area (Å²) >= 11 is 0. The van der Waals surface area contributed by atoms with E-state index in [2.05, 4.69) is 4.98 Å². The number of allylic oxidation sites excluding steroid dienone is 4. The minimum Gasteiger partial charge on any atom is -0.478 e. The van der Waals surface area contributed by atoms with Crippen LogP contribution < -0.4 is 4.74 Å². The molecule has 5 rings (SSSR count). The van der Waals surface area contributed by atoms with E-state index in [4.69, 9.17) is 4.74 Å². The third-order valence-corrected chi connectivity index (χ3v) is 10.1. The lowest BCUT2D eigenvalue weighted by molar-refractivity contribution is -0.219. The van der Waals surface area contributed by atoms with Gasteiger partial charge in [-0.3, -0.25) is 9.59 Å². The summed E-state index contributed by atoms with van der Waals surface area (Å²) in [6.45, 7) is 5.80. The van der Waals surface area contributed by atoms with Crippen molar-refractivity contribution in [2.24, 2.45) is 28.6 Å². The van der Waals surface area contributed by atoms with Gasteiger partial charge in [-0.25, -0.2) is 9.37 Å². The third kappa shape index (κ3) is 3.31. The lowest BCUT2D eigenvalue weighted by atomic mass is 9.44. The summed E-state index contributed by atoms with van der Waals surface area (Å²) in [4.78, 5) is 29.7. The first-order valence-electron chi connectivity index (χ1n) is 13.1. The minimum absolute atomic E-state index is 0.00760. The summed E-state index contributed by atoms with van der Waals surface area (Å²) in [5.41, 5.74) is -4.93. The third-order valence-electron chi connectivity index (χ3n) is 10.1. The van der Waals surface area contributed by atoms with Gasteiger partial charge in [0.1, 0.15) is 5.60 Å². The van der Waals surface area contributed by atoms with Gasteiger partial charge >= 0.3 is 0 Å². The number of carbonyl (C=O) groups excluding carboxylic acids is 2.